The first kappa shape index (κ1) is 12.7. The first-order chi connectivity index (χ1) is 9.15. The van der Waals surface area contributed by atoms with E-state index in [1.54, 1.807) is 0 Å². The van der Waals surface area contributed by atoms with E-state index in [0.29, 0.717) is 6.04 Å². The second-order valence-electron chi connectivity index (χ2n) is 5.35. The molecule has 1 N–H and O–H groups in total. The van der Waals surface area contributed by atoms with Gasteiger partial charge in [0.1, 0.15) is 0 Å². The molecule has 0 spiro atoms. The van der Waals surface area contributed by atoms with Gasteiger partial charge >= 0.3 is 0 Å². The van der Waals surface area contributed by atoms with Crippen molar-refractivity contribution < 1.29 is 0 Å². The average Bonchev–Trinajstić information content (AvgIpc) is 2.78. The number of nitrogens with one attached hydrogen (secondary N) is 1. The molecule has 0 aliphatic heterocycles. The summed E-state index contributed by atoms with van der Waals surface area (Å²) in [4.78, 5) is 0. The smallest absolute Gasteiger partial charge is 0.0519 e. The monoisotopic (exact) mass is 315 g/mol. The zero-order valence-corrected chi connectivity index (χ0v) is 12.9. The Kier molecular flexibility index (Phi) is 3.36. The molecule has 2 heteroatoms. The molecule has 0 saturated heterocycles. The Hall–Kier alpha value is -1.28. The molecule has 1 atom stereocenters. The molecule has 19 heavy (non-hydrogen) atoms. The van der Waals surface area contributed by atoms with Crippen LogP contribution in [0.5, 0.6) is 0 Å². The SMILES string of the molecule is Cc1ccc2c(c1)C(Nc1cccc(Br)c1C)CC2. The van der Waals surface area contributed by atoms with Crippen LogP contribution < -0.4 is 5.32 Å². The second kappa shape index (κ2) is 5.01. The minimum atomic E-state index is 0.447. The predicted molar refractivity (Wildman–Crippen MR) is 84.7 cm³/mol. The van der Waals surface area contributed by atoms with E-state index < -0.39 is 0 Å². The number of anilines is 1. The van der Waals surface area contributed by atoms with Crippen LogP contribution in [0.1, 0.15) is 34.7 Å². The first-order valence-corrected chi connectivity index (χ1v) is 7.55. The summed E-state index contributed by atoms with van der Waals surface area (Å²) >= 11 is 3.60. The molecule has 0 heterocycles. The van der Waals surface area contributed by atoms with Crippen LogP contribution in [0.4, 0.5) is 5.69 Å². The Balaban J connectivity index is 1.90. The lowest BCUT2D eigenvalue weighted by Crippen LogP contribution is -2.08. The van der Waals surface area contributed by atoms with E-state index in [1.165, 1.54) is 45.3 Å². The van der Waals surface area contributed by atoms with Crippen LogP contribution in [0.2, 0.25) is 0 Å². The molecule has 0 amide bonds. The van der Waals surface area contributed by atoms with Gasteiger partial charge in [0.25, 0.3) is 0 Å². The average molecular weight is 316 g/mol. The molecule has 1 aliphatic rings. The third kappa shape index (κ3) is 2.42. The van der Waals surface area contributed by atoms with Gasteiger partial charge in [-0.25, -0.2) is 0 Å². The van der Waals surface area contributed by atoms with Crippen molar-refractivity contribution in [1.29, 1.82) is 0 Å². The number of fused-ring (bicyclic) bond motifs is 1. The van der Waals surface area contributed by atoms with E-state index in [0.717, 1.165) is 0 Å². The number of aryl methyl sites for hydroxylation is 2. The van der Waals surface area contributed by atoms with Crippen molar-refractivity contribution in [3.8, 4) is 0 Å². The summed E-state index contributed by atoms with van der Waals surface area (Å²) in [6.45, 7) is 4.32. The van der Waals surface area contributed by atoms with Crippen molar-refractivity contribution in [2.75, 3.05) is 5.32 Å². The molecular formula is C17H18BrN. The summed E-state index contributed by atoms with van der Waals surface area (Å²) in [7, 11) is 0. The minimum Gasteiger partial charge on any atom is -0.378 e. The highest BCUT2D eigenvalue weighted by atomic mass is 79.9. The van der Waals surface area contributed by atoms with E-state index in [1.807, 2.05) is 0 Å². The quantitative estimate of drug-likeness (QED) is 0.806. The van der Waals surface area contributed by atoms with Crippen LogP contribution in [0, 0.1) is 13.8 Å². The fourth-order valence-corrected chi connectivity index (χ4v) is 3.19. The Labute approximate surface area is 123 Å². The third-order valence-corrected chi connectivity index (χ3v) is 4.84. The van der Waals surface area contributed by atoms with E-state index in [2.05, 4.69) is 71.5 Å². The number of halogens is 1. The molecule has 3 rings (SSSR count). The summed E-state index contributed by atoms with van der Waals surface area (Å²) < 4.78 is 1.17. The Morgan fingerprint density at radius 1 is 1.16 bits per heavy atom. The molecule has 1 nitrogen and oxygen atoms in total. The molecule has 0 aromatic heterocycles. The standard InChI is InChI=1S/C17H18BrN/c1-11-6-7-13-8-9-17(14(13)10-11)19-16-5-3-4-15(18)12(16)2/h3-7,10,17,19H,8-9H2,1-2H3. The van der Waals surface area contributed by atoms with Crippen molar-refractivity contribution in [3.63, 3.8) is 0 Å². The van der Waals surface area contributed by atoms with Crippen LogP contribution >= 0.6 is 15.9 Å². The molecule has 1 aliphatic carbocycles. The molecular weight excluding hydrogens is 298 g/mol. The van der Waals surface area contributed by atoms with Gasteiger partial charge in [0.15, 0.2) is 0 Å². The highest BCUT2D eigenvalue weighted by Crippen LogP contribution is 2.36. The lowest BCUT2D eigenvalue weighted by atomic mass is 10.0. The van der Waals surface area contributed by atoms with E-state index in [9.17, 15) is 0 Å². The highest BCUT2D eigenvalue weighted by Gasteiger charge is 2.22. The van der Waals surface area contributed by atoms with Gasteiger partial charge in [-0.15, -0.1) is 0 Å². The topological polar surface area (TPSA) is 12.0 Å². The first-order valence-electron chi connectivity index (χ1n) is 6.76. The molecule has 0 bridgehead atoms. The fourth-order valence-electron chi connectivity index (χ4n) is 2.82. The summed E-state index contributed by atoms with van der Waals surface area (Å²) in [5, 5.41) is 3.70. The summed E-state index contributed by atoms with van der Waals surface area (Å²) in [5.41, 5.74) is 6.82. The van der Waals surface area contributed by atoms with Crippen LogP contribution in [-0.2, 0) is 6.42 Å². The lowest BCUT2D eigenvalue weighted by Gasteiger charge is -2.18. The lowest BCUT2D eigenvalue weighted by molar-refractivity contribution is 0.760. The maximum absolute atomic E-state index is 3.70. The number of benzene rings is 2. The van der Waals surface area contributed by atoms with Crippen LogP contribution in [-0.4, -0.2) is 0 Å². The van der Waals surface area contributed by atoms with E-state index in [4.69, 9.17) is 0 Å². The zero-order chi connectivity index (χ0) is 13.4. The third-order valence-electron chi connectivity index (χ3n) is 3.98. The Morgan fingerprint density at radius 3 is 2.84 bits per heavy atom. The predicted octanol–water partition coefficient (Wildman–Crippen LogP) is 5.17. The van der Waals surface area contributed by atoms with Gasteiger partial charge in [0.2, 0.25) is 0 Å². The van der Waals surface area contributed by atoms with Gasteiger partial charge in [-0.1, -0.05) is 45.8 Å². The molecule has 0 fully saturated rings. The minimum absolute atomic E-state index is 0.447. The Morgan fingerprint density at radius 2 is 2.00 bits per heavy atom. The van der Waals surface area contributed by atoms with Gasteiger partial charge in [0, 0.05) is 10.2 Å². The summed E-state index contributed by atoms with van der Waals surface area (Å²) in [6.07, 6.45) is 2.37. The molecule has 2 aromatic rings. The number of rotatable bonds is 2. The van der Waals surface area contributed by atoms with Gasteiger partial charge in [-0.2, -0.15) is 0 Å². The van der Waals surface area contributed by atoms with Crippen molar-refractivity contribution in [2.24, 2.45) is 0 Å². The molecule has 0 saturated carbocycles. The van der Waals surface area contributed by atoms with Crippen LogP contribution in [0.15, 0.2) is 40.9 Å². The van der Waals surface area contributed by atoms with Crippen molar-refractivity contribution in [3.05, 3.63) is 63.1 Å². The maximum Gasteiger partial charge on any atom is 0.0519 e. The number of hydrogen-bond acceptors (Lipinski definition) is 1. The molecule has 2 aromatic carbocycles. The van der Waals surface area contributed by atoms with Gasteiger partial charge < -0.3 is 5.32 Å². The van der Waals surface area contributed by atoms with Crippen molar-refractivity contribution in [1.82, 2.24) is 0 Å². The molecule has 1 unspecified atom stereocenters. The summed E-state index contributed by atoms with van der Waals surface area (Å²) in [5.74, 6) is 0. The van der Waals surface area contributed by atoms with Crippen LogP contribution in [0.3, 0.4) is 0 Å². The normalized spacial score (nSPS) is 17.3. The number of hydrogen-bond donors (Lipinski definition) is 1. The Bertz CT molecular complexity index is 619. The zero-order valence-electron chi connectivity index (χ0n) is 11.3. The van der Waals surface area contributed by atoms with E-state index >= 15 is 0 Å². The van der Waals surface area contributed by atoms with Crippen molar-refractivity contribution >= 4 is 21.6 Å². The maximum atomic E-state index is 3.70. The highest BCUT2D eigenvalue weighted by molar-refractivity contribution is 9.10. The van der Waals surface area contributed by atoms with Gasteiger partial charge in [-0.05, 0) is 55.5 Å². The van der Waals surface area contributed by atoms with Crippen molar-refractivity contribution in [2.45, 2.75) is 32.7 Å². The second-order valence-corrected chi connectivity index (χ2v) is 6.20. The molecule has 0 radical (unpaired) electrons. The fraction of sp³-hybridized carbons (Fsp3) is 0.294. The van der Waals surface area contributed by atoms with Gasteiger partial charge in [0.05, 0.1) is 6.04 Å². The molecule has 98 valence electrons. The van der Waals surface area contributed by atoms with E-state index in [-0.39, 0.29) is 0 Å². The van der Waals surface area contributed by atoms with Gasteiger partial charge in [-0.3, -0.25) is 0 Å². The van der Waals surface area contributed by atoms with Crippen LogP contribution in [0.25, 0.3) is 0 Å². The largest absolute Gasteiger partial charge is 0.378 e. The summed E-state index contributed by atoms with van der Waals surface area (Å²) in [6, 6.07) is 13.6.